The van der Waals surface area contributed by atoms with E-state index in [4.69, 9.17) is 9.73 Å². The molecule has 2 aliphatic heterocycles. The first-order valence-corrected chi connectivity index (χ1v) is 11.9. The molecule has 1 saturated carbocycles. The van der Waals surface area contributed by atoms with Crippen LogP contribution in [0.25, 0.3) is 0 Å². The summed E-state index contributed by atoms with van der Waals surface area (Å²) in [6, 6.07) is 8.91. The average Bonchev–Trinajstić information content (AvgIpc) is 3.20. The van der Waals surface area contributed by atoms with E-state index in [9.17, 15) is 4.79 Å². The third kappa shape index (κ3) is 4.74. The molecule has 4 aliphatic rings. The first-order chi connectivity index (χ1) is 15.3. The summed E-state index contributed by atoms with van der Waals surface area (Å²) in [5.41, 5.74) is 6.00. The quantitative estimate of drug-likeness (QED) is 0.689. The van der Waals surface area contributed by atoms with Crippen LogP contribution in [0.15, 0.2) is 64.8 Å². The van der Waals surface area contributed by atoms with Crippen molar-refractivity contribution in [2.45, 2.75) is 44.9 Å². The highest BCUT2D eigenvalue weighted by atomic mass is 16.5. The van der Waals surface area contributed by atoms with E-state index in [1.54, 1.807) is 6.08 Å². The second-order valence-electron chi connectivity index (χ2n) is 9.19. The topological polar surface area (TPSA) is 41.9 Å². The van der Waals surface area contributed by atoms with Gasteiger partial charge in [0.05, 0.1) is 18.9 Å². The van der Waals surface area contributed by atoms with Crippen LogP contribution in [0.3, 0.4) is 0 Å². The summed E-state index contributed by atoms with van der Waals surface area (Å²) in [7, 11) is 0. The summed E-state index contributed by atoms with van der Waals surface area (Å²) in [6.45, 7) is 3.53. The molecule has 2 aliphatic carbocycles. The average molecular weight is 417 g/mol. The molecule has 0 spiro atoms. The number of ether oxygens (including phenoxy) is 1. The Hall–Kier alpha value is -2.46. The van der Waals surface area contributed by atoms with Gasteiger partial charge in [0.25, 0.3) is 0 Å². The van der Waals surface area contributed by atoms with E-state index < -0.39 is 0 Å². The number of allylic oxidation sites excluding steroid dienone is 6. The standard InChI is InChI=1S/C27H32N2O2/c30-25-13-10-22-6-3-7-23(28-27(22)26(19-25)21-4-1-2-5-21)18-20-8-11-24(12-9-20)29-14-16-31-17-15-29/h6-13,21,26H,1-5,14-19H2. The Kier molecular flexibility index (Phi) is 6.17. The predicted molar refractivity (Wildman–Crippen MR) is 126 cm³/mol. The van der Waals surface area contributed by atoms with Crippen molar-refractivity contribution in [3.05, 3.63) is 65.4 Å². The van der Waals surface area contributed by atoms with E-state index in [1.807, 2.05) is 6.08 Å². The molecule has 1 aromatic carbocycles. The van der Waals surface area contributed by atoms with Crippen molar-refractivity contribution in [1.82, 2.24) is 0 Å². The molecule has 1 saturated heterocycles. The second-order valence-corrected chi connectivity index (χ2v) is 9.19. The summed E-state index contributed by atoms with van der Waals surface area (Å²) >= 11 is 0. The lowest BCUT2D eigenvalue weighted by molar-refractivity contribution is -0.115. The molecule has 0 aromatic heterocycles. The Morgan fingerprint density at radius 2 is 1.77 bits per heavy atom. The molecule has 0 amide bonds. The zero-order valence-corrected chi connectivity index (χ0v) is 18.3. The molecule has 0 N–H and O–H groups in total. The van der Waals surface area contributed by atoms with E-state index in [0.717, 1.165) is 56.1 Å². The summed E-state index contributed by atoms with van der Waals surface area (Å²) in [5, 5.41) is 0. The zero-order chi connectivity index (χ0) is 21.0. The summed E-state index contributed by atoms with van der Waals surface area (Å²) in [5.74, 6) is 1.11. The third-order valence-corrected chi connectivity index (χ3v) is 7.14. The Bertz CT molecular complexity index is 926. The number of carbonyl (C=O) groups is 1. The largest absolute Gasteiger partial charge is 0.378 e. The highest BCUT2D eigenvalue weighted by molar-refractivity contribution is 6.10. The van der Waals surface area contributed by atoms with Crippen molar-refractivity contribution in [2.24, 2.45) is 16.8 Å². The molecule has 1 aromatic rings. The minimum Gasteiger partial charge on any atom is -0.378 e. The van der Waals surface area contributed by atoms with E-state index in [2.05, 4.69) is 41.3 Å². The van der Waals surface area contributed by atoms with Crippen LogP contribution in [0.5, 0.6) is 0 Å². The molecule has 2 fully saturated rings. The van der Waals surface area contributed by atoms with Crippen molar-refractivity contribution >= 4 is 17.2 Å². The Morgan fingerprint density at radius 1 is 1.00 bits per heavy atom. The monoisotopic (exact) mass is 416 g/mol. The lowest BCUT2D eigenvalue weighted by atomic mass is 9.81. The first-order valence-electron chi connectivity index (χ1n) is 11.9. The molecule has 0 bridgehead atoms. The fraction of sp³-hybridized carbons (Fsp3) is 0.481. The lowest BCUT2D eigenvalue weighted by Gasteiger charge is -2.29. The van der Waals surface area contributed by atoms with E-state index >= 15 is 0 Å². The van der Waals surface area contributed by atoms with Gasteiger partial charge >= 0.3 is 0 Å². The molecule has 1 unspecified atom stereocenters. The van der Waals surface area contributed by atoms with Crippen LogP contribution in [0.4, 0.5) is 5.69 Å². The van der Waals surface area contributed by atoms with Crippen molar-refractivity contribution in [2.75, 3.05) is 31.2 Å². The molecule has 31 heavy (non-hydrogen) atoms. The van der Waals surface area contributed by atoms with Gasteiger partial charge in [0, 0.05) is 43.2 Å². The maximum absolute atomic E-state index is 12.4. The molecule has 4 nitrogen and oxygen atoms in total. The van der Waals surface area contributed by atoms with E-state index in [0.29, 0.717) is 12.3 Å². The normalized spacial score (nSPS) is 24.8. The molecule has 1 atom stereocenters. The summed E-state index contributed by atoms with van der Waals surface area (Å²) < 4.78 is 5.47. The van der Waals surface area contributed by atoms with Crippen LogP contribution in [0.2, 0.25) is 0 Å². The summed E-state index contributed by atoms with van der Waals surface area (Å²) in [6.07, 6.45) is 15.6. The van der Waals surface area contributed by atoms with Crippen LogP contribution >= 0.6 is 0 Å². The maximum Gasteiger partial charge on any atom is 0.156 e. The SMILES string of the molecule is O=C1C=CC2=CCC=C(Cc3ccc(N4CCOCC4)cc3)N=C2C(C2CCCC2)C1. The number of carbonyl (C=O) groups excluding carboxylic acids is 1. The molecule has 2 heterocycles. The van der Waals surface area contributed by atoms with E-state index in [-0.39, 0.29) is 11.7 Å². The highest BCUT2D eigenvalue weighted by Crippen LogP contribution is 2.38. The number of morpholine rings is 1. The van der Waals surface area contributed by atoms with Crippen LogP contribution in [0.1, 0.15) is 44.1 Å². The molecule has 5 rings (SSSR count). The van der Waals surface area contributed by atoms with Gasteiger partial charge in [0.1, 0.15) is 0 Å². The number of anilines is 1. The Morgan fingerprint density at radius 3 is 2.55 bits per heavy atom. The van der Waals surface area contributed by atoms with Crippen molar-refractivity contribution in [1.29, 1.82) is 0 Å². The smallest absolute Gasteiger partial charge is 0.156 e. The van der Waals surface area contributed by atoms with Crippen LogP contribution in [-0.4, -0.2) is 37.8 Å². The molecule has 162 valence electrons. The predicted octanol–water partition coefficient (Wildman–Crippen LogP) is 5.06. The second kappa shape index (κ2) is 9.35. The molecular weight excluding hydrogens is 384 g/mol. The number of nitrogens with zero attached hydrogens (tertiary/aromatic N) is 2. The van der Waals surface area contributed by atoms with Crippen LogP contribution in [-0.2, 0) is 16.0 Å². The number of hydrogen-bond donors (Lipinski definition) is 0. The van der Waals surface area contributed by atoms with E-state index in [1.165, 1.54) is 36.9 Å². The minimum absolute atomic E-state index is 0.248. The molecule has 4 heteroatoms. The van der Waals surface area contributed by atoms with Crippen molar-refractivity contribution in [3.8, 4) is 0 Å². The number of benzene rings is 1. The van der Waals surface area contributed by atoms with Crippen molar-refractivity contribution < 1.29 is 9.53 Å². The molecular formula is C27H32N2O2. The van der Waals surface area contributed by atoms with Gasteiger partial charge in [-0.05, 0) is 60.6 Å². The van der Waals surface area contributed by atoms with Gasteiger partial charge in [0.15, 0.2) is 5.78 Å². The fourth-order valence-corrected chi connectivity index (χ4v) is 5.42. The van der Waals surface area contributed by atoms with Gasteiger partial charge in [-0.15, -0.1) is 0 Å². The van der Waals surface area contributed by atoms with Crippen LogP contribution < -0.4 is 4.90 Å². The Labute approximate surface area is 185 Å². The molecule has 0 radical (unpaired) electrons. The number of hydrogen-bond acceptors (Lipinski definition) is 4. The lowest BCUT2D eigenvalue weighted by Crippen LogP contribution is -2.36. The van der Waals surface area contributed by atoms with Gasteiger partial charge in [-0.3, -0.25) is 9.79 Å². The third-order valence-electron chi connectivity index (χ3n) is 7.14. The van der Waals surface area contributed by atoms with Gasteiger partial charge < -0.3 is 9.64 Å². The van der Waals surface area contributed by atoms with Crippen molar-refractivity contribution in [3.63, 3.8) is 0 Å². The first kappa shape index (κ1) is 20.4. The maximum atomic E-state index is 12.4. The minimum atomic E-state index is 0.248. The summed E-state index contributed by atoms with van der Waals surface area (Å²) in [4.78, 5) is 20.0. The Balaban J connectivity index is 1.36. The highest BCUT2D eigenvalue weighted by Gasteiger charge is 2.33. The number of ketones is 1. The number of fused-ring (bicyclic) bond motifs is 1. The zero-order valence-electron chi connectivity index (χ0n) is 18.3. The number of aliphatic imine (C=N–C) groups is 1. The number of rotatable bonds is 4. The van der Waals surface area contributed by atoms with Gasteiger partial charge in [-0.1, -0.05) is 37.1 Å². The van der Waals surface area contributed by atoms with Crippen LogP contribution in [0, 0.1) is 11.8 Å². The van der Waals surface area contributed by atoms with Gasteiger partial charge in [0.2, 0.25) is 0 Å². The van der Waals surface area contributed by atoms with Gasteiger partial charge in [-0.25, -0.2) is 0 Å². The van der Waals surface area contributed by atoms with Gasteiger partial charge in [-0.2, -0.15) is 0 Å². The fourth-order valence-electron chi connectivity index (χ4n) is 5.42.